The van der Waals surface area contributed by atoms with Gasteiger partial charge in [-0.2, -0.15) is 0 Å². The molecule has 0 bridgehead atoms. The number of anilines is 1. The Morgan fingerprint density at radius 3 is 2.67 bits per heavy atom. The Kier molecular flexibility index (Phi) is 5.81. The molecule has 0 aliphatic carbocycles. The lowest BCUT2D eigenvalue weighted by Crippen LogP contribution is -2.11. The van der Waals surface area contributed by atoms with E-state index in [1.165, 1.54) is 14.0 Å². The van der Waals surface area contributed by atoms with Gasteiger partial charge in [0.15, 0.2) is 5.78 Å². The topological polar surface area (TPSA) is 81.7 Å². The molecule has 0 fully saturated rings. The minimum absolute atomic E-state index is 0.0265. The number of carbonyl (C=O) groups is 3. The summed E-state index contributed by atoms with van der Waals surface area (Å²) >= 11 is 1.57. The third kappa shape index (κ3) is 4.49. The molecule has 140 valence electrons. The highest BCUT2D eigenvalue weighted by molar-refractivity contribution is 7.99. The molecular formula is C20H19NO5S. The van der Waals surface area contributed by atoms with Crippen LogP contribution in [0.2, 0.25) is 0 Å². The number of rotatable bonds is 5. The summed E-state index contributed by atoms with van der Waals surface area (Å²) in [5.74, 6) is 0.575. The van der Waals surface area contributed by atoms with Crippen molar-refractivity contribution in [1.29, 1.82) is 0 Å². The van der Waals surface area contributed by atoms with Crippen LogP contribution < -0.4 is 10.1 Å². The van der Waals surface area contributed by atoms with Crippen molar-refractivity contribution in [2.75, 3.05) is 18.2 Å². The van der Waals surface area contributed by atoms with Gasteiger partial charge in [0, 0.05) is 28.2 Å². The van der Waals surface area contributed by atoms with Gasteiger partial charge in [-0.1, -0.05) is 0 Å². The number of esters is 1. The molecule has 2 aromatic carbocycles. The quantitative estimate of drug-likeness (QED) is 0.624. The van der Waals surface area contributed by atoms with E-state index in [1.807, 2.05) is 0 Å². The second-order valence-corrected chi connectivity index (χ2v) is 7.15. The monoisotopic (exact) mass is 385 g/mol. The highest BCUT2D eigenvalue weighted by Crippen LogP contribution is 2.31. The second kappa shape index (κ2) is 8.26. The van der Waals surface area contributed by atoms with Crippen LogP contribution in [-0.4, -0.2) is 30.5 Å². The number of thioether (sulfide) groups is 1. The summed E-state index contributed by atoms with van der Waals surface area (Å²) in [5.41, 5.74) is 2.09. The molecule has 1 heterocycles. The fourth-order valence-electron chi connectivity index (χ4n) is 2.68. The Morgan fingerprint density at radius 2 is 1.93 bits per heavy atom. The molecule has 0 saturated carbocycles. The zero-order valence-corrected chi connectivity index (χ0v) is 15.9. The number of hydrogen-bond donors (Lipinski definition) is 1. The van der Waals surface area contributed by atoms with Gasteiger partial charge in [-0.3, -0.25) is 9.59 Å². The van der Waals surface area contributed by atoms with Gasteiger partial charge < -0.3 is 14.8 Å². The Bertz CT molecular complexity index is 909. The van der Waals surface area contributed by atoms with Crippen molar-refractivity contribution in [3.63, 3.8) is 0 Å². The van der Waals surface area contributed by atoms with Gasteiger partial charge in [0.05, 0.1) is 18.4 Å². The summed E-state index contributed by atoms with van der Waals surface area (Å²) in [6, 6.07) is 10.1. The molecule has 6 nitrogen and oxygen atoms in total. The van der Waals surface area contributed by atoms with Crippen molar-refractivity contribution in [3.8, 4) is 5.75 Å². The van der Waals surface area contributed by atoms with Crippen LogP contribution in [0.4, 0.5) is 5.69 Å². The maximum Gasteiger partial charge on any atom is 0.338 e. The maximum absolute atomic E-state index is 12.4. The Balaban J connectivity index is 1.76. The van der Waals surface area contributed by atoms with Crippen molar-refractivity contribution in [2.24, 2.45) is 0 Å². The van der Waals surface area contributed by atoms with Gasteiger partial charge in [0.1, 0.15) is 12.4 Å². The first-order valence-corrected chi connectivity index (χ1v) is 9.38. The molecule has 0 spiro atoms. The molecular weight excluding hydrogens is 366 g/mol. The Labute approximate surface area is 161 Å². The summed E-state index contributed by atoms with van der Waals surface area (Å²) in [7, 11) is 1.51. The number of benzene rings is 2. The standard InChI is InChI=1S/C20H19NO5S/c1-12(22)13-3-5-17(25-2)15(9-13)11-26-20(24)14-4-6-18-16(10-14)21-19(23)7-8-27-18/h3-6,9-10H,7-8,11H2,1-2H3,(H,21,23). The third-order valence-corrected chi connectivity index (χ3v) is 5.20. The van der Waals surface area contributed by atoms with Gasteiger partial charge in [0.25, 0.3) is 0 Å². The minimum atomic E-state index is -0.517. The van der Waals surface area contributed by atoms with E-state index in [1.54, 1.807) is 48.2 Å². The normalized spacial score (nSPS) is 13.2. The SMILES string of the molecule is COc1ccc(C(C)=O)cc1COC(=O)c1ccc2c(c1)NC(=O)CCS2. The Hall–Kier alpha value is -2.80. The van der Waals surface area contributed by atoms with E-state index in [0.717, 1.165) is 4.90 Å². The van der Waals surface area contributed by atoms with Gasteiger partial charge >= 0.3 is 5.97 Å². The fraction of sp³-hybridized carbons (Fsp3) is 0.250. The third-order valence-electron chi connectivity index (χ3n) is 4.12. The zero-order chi connectivity index (χ0) is 19.4. The van der Waals surface area contributed by atoms with Crippen LogP contribution in [0.5, 0.6) is 5.75 Å². The van der Waals surface area contributed by atoms with E-state index in [-0.39, 0.29) is 18.3 Å². The summed E-state index contributed by atoms with van der Waals surface area (Å²) < 4.78 is 10.7. The molecule has 0 radical (unpaired) electrons. The zero-order valence-electron chi connectivity index (χ0n) is 15.0. The number of fused-ring (bicyclic) bond motifs is 1. The van der Waals surface area contributed by atoms with E-state index in [4.69, 9.17) is 9.47 Å². The summed E-state index contributed by atoms with van der Waals surface area (Å²) in [6.07, 6.45) is 0.436. The van der Waals surface area contributed by atoms with Crippen molar-refractivity contribution in [1.82, 2.24) is 0 Å². The molecule has 3 rings (SSSR count). The average molecular weight is 385 g/mol. The minimum Gasteiger partial charge on any atom is -0.496 e. The van der Waals surface area contributed by atoms with Crippen molar-refractivity contribution in [2.45, 2.75) is 24.8 Å². The molecule has 1 aliphatic rings. The van der Waals surface area contributed by atoms with Crippen LogP contribution >= 0.6 is 11.8 Å². The molecule has 27 heavy (non-hydrogen) atoms. The predicted octanol–water partition coefficient (Wildman–Crippen LogP) is 3.69. The molecule has 0 aromatic heterocycles. The number of amides is 1. The van der Waals surface area contributed by atoms with Crippen molar-refractivity contribution in [3.05, 3.63) is 53.1 Å². The number of Topliss-reactive ketones (excluding diaryl/α,β-unsaturated/α-hetero) is 1. The molecule has 1 N–H and O–H groups in total. The summed E-state index contributed by atoms with van der Waals surface area (Å²) in [6.45, 7) is 1.45. The van der Waals surface area contributed by atoms with Crippen molar-refractivity contribution >= 4 is 35.1 Å². The van der Waals surface area contributed by atoms with E-state index < -0.39 is 5.97 Å². The highest BCUT2D eigenvalue weighted by Gasteiger charge is 2.17. The average Bonchev–Trinajstić information content (AvgIpc) is 2.85. The van der Waals surface area contributed by atoms with E-state index in [0.29, 0.717) is 40.3 Å². The fourth-order valence-corrected chi connectivity index (χ4v) is 3.62. The first kappa shape index (κ1) is 19.0. The largest absolute Gasteiger partial charge is 0.496 e. The number of carbonyl (C=O) groups excluding carboxylic acids is 3. The number of methoxy groups -OCH3 is 1. The maximum atomic E-state index is 12.4. The highest BCUT2D eigenvalue weighted by atomic mass is 32.2. The number of nitrogens with one attached hydrogen (secondary N) is 1. The van der Waals surface area contributed by atoms with Gasteiger partial charge in [-0.25, -0.2) is 4.79 Å². The lowest BCUT2D eigenvalue weighted by molar-refractivity contribution is -0.115. The van der Waals surface area contributed by atoms with Crippen LogP contribution in [0, 0.1) is 0 Å². The summed E-state index contributed by atoms with van der Waals surface area (Å²) in [4.78, 5) is 36.6. The predicted molar refractivity (Wildman–Crippen MR) is 103 cm³/mol. The van der Waals surface area contributed by atoms with Crippen LogP contribution in [0.25, 0.3) is 0 Å². The van der Waals surface area contributed by atoms with Gasteiger partial charge in [0.2, 0.25) is 5.91 Å². The second-order valence-electron chi connectivity index (χ2n) is 6.02. The van der Waals surface area contributed by atoms with Crippen LogP contribution in [0.1, 0.15) is 39.6 Å². The molecule has 0 saturated heterocycles. The molecule has 0 atom stereocenters. The first-order valence-electron chi connectivity index (χ1n) is 8.39. The van der Waals surface area contributed by atoms with Crippen LogP contribution in [-0.2, 0) is 16.1 Å². The lowest BCUT2D eigenvalue weighted by Gasteiger charge is -2.12. The van der Waals surface area contributed by atoms with Gasteiger partial charge in [-0.15, -0.1) is 11.8 Å². The van der Waals surface area contributed by atoms with E-state index in [2.05, 4.69) is 5.32 Å². The number of ether oxygens (including phenoxy) is 2. The van der Waals surface area contributed by atoms with Crippen LogP contribution in [0.3, 0.4) is 0 Å². The molecule has 0 unspecified atom stereocenters. The van der Waals surface area contributed by atoms with Gasteiger partial charge in [-0.05, 0) is 43.3 Å². The van der Waals surface area contributed by atoms with Crippen LogP contribution in [0.15, 0.2) is 41.3 Å². The van der Waals surface area contributed by atoms with E-state index >= 15 is 0 Å². The molecule has 1 amide bonds. The molecule has 2 aromatic rings. The smallest absolute Gasteiger partial charge is 0.338 e. The molecule has 7 heteroatoms. The first-order chi connectivity index (χ1) is 13.0. The Morgan fingerprint density at radius 1 is 1.15 bits per heavy atom. The number of ketones is 1. The molecule has 1 aliphatic heterocycles. The number of hydrogen-bond acceptors (Lipinski definition) is 6. The van der Waals surface area contributed by atoms with Crippen molar-refractivity contribution < 1.29 is 23.9 Å². The van der Waals surface area contributed by atoms with E-state index in [9.17, 15) is 14.4 Å². The summed E-state index contributed by atoms with van der Waals surface area (Å²) in [5, 5.41) is 2.80. The lowest BCUT2D eigenvalue weighted by atomic mass is 10.1.